The van der Waals surface area contributed by atoms with E-state index in [1.54, 1.807) is 16.3 Å². The second kappa shape index (κ2) is 8.78. The molecule has 0 bridgehead atoms. The SMILES string of the molecule is CCc1nc(SCc2cc(C)ccc2C)n(C)c(=O)c1Cc1cccc(C)c1. The van der Waals surface area contributed by atoms with Crippen LogP contribution >= 0.6 is 11.8 Å². The molecule has 3 rings (SSSR count). The molecule has 0 unspecified atom stereocenters. The van der Waals surface area contributed by atoms with Gasteiger partial charge in [0.2, 0.25) is 0 Å². The van der Waals surface area contributed by atoms with E-state index in [-0.39, 0.29) is 5.56 Å². The van der Waals surface area contributed by atoms with Crippen molar-refractivity contribution in [2.45, 2.75) is 51.4 Å². The van der Waals surface area contributed by atoms with Crippen LogP contribution in [0.2, 0.25) is 0 Å². The monoisotopic (exact) mass is 392 g/mol. The van der Waals surface area contributed by atoms with Crippen molar-refractivity contribution >= 4 is 11.8 Å². The lowest BCUT2D eigenvalue weighted by Gasteiger charge is -2.14. The Morgan fingerprint density at radius 3 is 2.50 bits per heavy atom. The van der Waals surface area contributed by atoms with E-state index >= 15 is 0 Å². The highest BCUT2D eigenvalue weighted by Crippen LogP contribution is 2.24. The van der Waals surface area contributed by atoms with Crippen LogP contribution < -0.4 is 5.56 Å². The third-order valence-corrected chi connectivity index (χ3v) is 6.17. The van der Waals surface area contributed by atoms with Crippen LogP contribution in [0.5, 0.6) is 0 Å². The number of hydrogen-bond donors (Lipinski definition) is 0. The van der Waals surface area contributed by atoms with Crippen molar-refractivity contribution in [2.24, 2.45) is 7.05 Å². The van der Waals surface area contributed by atoms with Gasteiger partial charge in [0.1, 0.15) is 0 Å². The minimum absolute atomic E-state index is 0.0665. The molecule has 2 aromatic carbocycles. The van der Waals surface area contributed by atoms with Crippen LogP contribution in [0.15, 0.2) is 52.4 Å². The molecule has 0 aliphatic carbocycles. The van der Waals surface area contributed by atoms with Gasteiger partial charge in [-0.1, -0.05) is 72.3 Å². The predicted octanol–water partition coefficient (Wildman–Crippen LogP) is 5.15. The Morgan fingerprint density at radius 1 is 1.04 bits per heavy atom. The third kappa shape index (κ3) is 4.56. The maximum absolute atomic E-state index is 13.1. The minimum Gasteiger partial charge on any atom is -0.291 e. The molecular formula is C24H28N2OS. The van der Waals surface area contributed by atoms with Crippen molar-refractivity contribution in [1.82, 2.24) is 9.55 Å². The number of thioether (sulfide) groups is 1. The second-order valence-corrected chi connectivity index (χ2v) is 8.36. The molecule has 0 atom stereocenters. The lowest BCUT2D eigenvalue weighted by Crippen LogP contribution is -2.26. The van der Waals surface area contributed by atoms with E-state index in [4.69, 9.17) is 4.98 Å². The summed E-state index contributed by atoms with van der Waals surface area (Å²) in [5.41, 5.74) is 7.98. The molecule has 0 spiro atoms. The lowest BCUT2D eigenvalue weighted by molar-refractivity contribution is 0.674. The highest BCUT2D eigenvalue weighted by atomic mass is 32.2. The fourth-order valence-corrected chi connectivity index (χ4v) is 4.44. The van der Waals surface area contributed by atoms with Gasteiger partial charge in [0.15, 0.2) is 5.16 Å². The molecule has 0 saturated carbocycles. The zero-order chi connectivity index (χ0) is 20.3. The summed E-state index contributed by atoms with van der Waals surface area (Å²) in [6.45, 7) is 8.38. The molecule has 0 N–H and O–H groups in total. The first kappa shape index (κ1) is 20.4. The highest BCUT2D eigenvalue weighted by Gasteiger charge is 2.15. The van der Waals surface area contributed by atoms with Crippen molar-refractivity contribution in [2.75, 3.05) is 0 Å². The zero-order valence-electron chi connectivity index (χ0n) is 17.4. The first-order chi connectivity index (χ1) is 13.4. The van der Waals surface area contributed by atoms with Crippen LogP contribution in [0.4, 0.5) is 0 Å². The Morgan fingerprint density at radius 2 is 1.79 bits per heavy atom. The summed E-state index contributed by atoms with van der Waals surface area (Å²) in [7, 11) is 1.83. The summed E-state index contributed by atoms with van der Waals surface area (Å²) < 4.78 is 1.71. The lowest BCUT2D eigenvalue weighted by atomic mass is 10.0. The molecule has 146 valence electrons. The van der Waals surface area contributed by atoms with Crippen LogP contribution in [0, 0.1) is 20.8 Å². The molecule has 28 heavy (non-hydrogen) atoms. The summed E-state index contributed by atoms with van der Waals surface area (Å²) in [6, 6.07) is 14.8. The first-order valence-electron chi connectivity index (χ1n) is 9.72. The van der Waals surface area contributed by atoms with Crippen LogP contribution in [0.25, 0.3) is 0 Å². The summed E-state index contributed by atoms with van der Waals surface area (Å²) in [5, 5.41) is 0.788. The van der Waals surface area contributed by atoms with E-state index in [2.05, 4.69) is 64.1 Å². The zero-order valence-corrected chi connectivity index (χ0v) is 18.2. The topological polar surface area (TPSA) is 34.9 Å². The minimum atomic E-state index is 0.0665. The van der Waals surface area contributed by atoms with E-state index in [0.717, 1.165) is 34.2 Å². The van der Waals surface area contributed by atoms with Gasteiger partial charge in [-0.05, 0) is 43.9 Å². The van der Waals surface area contributed by atoms with E-state index in [9.17, 15) is 4.79 Å². The van der Waals surface area contributed by atoms with Crippen molar-refractivity contribution in [1.29, 1.82) is 0 Å². The number of rotatable bonds is 6. The second-order valence-electron chi connectivity index (χ2n) is 7.42. The van der Waals surface area contributed by atoms with Gasteiger partial charge < -0.3 is 0 Å². The van der Waals surface area contributed by atoms with Gasteiger partial charge in [-0.2, -0.15) is 0 Å². The number of hydrogen-bond acceptors (Lipinski definition) is 3. The molecule has 1 heterocycles. The van der Waals surface area contributed by atoms with E-state index in [1.807, 2.05) is 13.1 Å². The standard InChI is InChI=1S/C24H28N2OS/c1-6-22-21(14-19-9-7-8-16(2)12-19)23(27)26(5)24(25-22)28-15-20-13-17(3)10-11-18(20)4/h7-13H,6,14-15H2,1-5H3. The van der Waals surface area contributed by atoms with Gasteiger partial charge in [0.05, 0.1) is 5.69 Å². The molecule has 4 heteroatoms. The van der Waals surface area contributed by atoms with Crippen molar-refractivity contribution in [3.05, 3.63) is 91.9 Å². The van der Waals surface area contributed by atoms with E-state index < -0.39 is 0 Å². The van der Waals surface area contributed by atoms with Gasteiger partial charge in [0, 0.05) is 24.8 Å². The normalized spacial score (nSPS) is 11.0. The molecule has 0 amide bonds. The molecule has 0 radical (unpaired) electrons. The van der Waals surface area contributed by atoms with Crippen LogP contribution in [-0.4, -0.2) is 9.55 Å². The maximum atomic E-state index is 13.1. The predicted molar refractivity (Wildman–Crippen MR) is 118 cm³/mol. The third-order valence-electron chi connectivity index (χ3n) is 5.09. The molecule has 0 aliphatic heterocycles. The number of aromatic nitrogens is 2. The largest absolute Gasteiger partial charge is 0.291 e. The molecule has 0 fully saturated rings. The Balaban J connectivity index is 1.91. The maximum Gasteiger partial charge on any atom is 0.257 e. The van der Waals surface area contributed by atoms with E-state index in [0.29, 0.717) is 6.42 Å². The Kier molecular flexibility index (Phi) is 6.40. The number of aryl methyl sites for hydroxylation is 4. The molecule has 1 aromatic heterocycles. The van der Waals surface area contributed by atoms with Crippen molar-refractivity contribution in [3.8, 4) is 0 Å². The van der Waals surface area contributed by atoms with Gasteiger partial charge >= 0.3 is 0 Å². The molecule has 3 nitrogen and oxygen atoms in total. The Labute approximate surface area is 171 Å². The average Bonchev–Trinajstić information content (AvgIpc) is 2.67. The molecule has 3 aromatic rings. The summed E-state index contributed by atoms with van der Waals surface area (Å²) >= 11 is 1.64. The van der Waals surface area contributed by atoms with Crippen molar-refractivity contribution in [3.63, 3.8) is 0 Å². The highest BCUT2D eigenvalue weighted by molar-refractivity contribution is 7.98. The van der Waals surface area contributed by atoms with Gasteiger partial charge in [-0.25, -0.2) is 4.98 Å². The van der Waals surface area contributed by atoms with Crippen molar-refractivity contribution < 1.29 is 0 Å². The van der Waals surface area contributed by atoms with Gasteiger partial charge in [0.25, 0.3) is 5.56 Å². The number of benzene rings is 2. The van der Waals surface area contributed by atoms with Gasteiger partial charge in [-0.15, -0.1) is 0 Å². The van der Waals surface area contributed by atoms with Gasteiger partial charge in [-0.3, -0.25) is 9.36 Å². The first-order valence-corrected chi connectivity index (χ1v) is 10.7. The quantitative estimate of drug-likeness (QED) is 0.430. The summed E-state index contributed by atoms with van der Waals surface area (Å²) in [4.78, 5) is 18.0. The smallest absolute Gasteiger partial charge is 0.257 e. The molecular weight excluding hydrogens is 364 g/mol. The number of nitrogens with zero attached hydrogens (tertiary/aromatic N) is 2. The van der Waals surface area contributed by atoms with Crippen LogP contribution in [0.3, 0.4) is 0 Å². The van der Waals surface area contributed by atoms with E-state index in [1.165, 1.54) is 22.3 Å². The summed E-state index contributed by atoms with van der Waals surface area (Å²) in [5.74, 6) is 0.814. The average molecular weight is 393 g/mol. The molecule has 0 saturated heterocycles. The van der Waals surface area contributed by atoms with Crippen LogP contribution in [-0.2, 0) is 25.6 Å². The van der Waals surface area contributed by atoms with Crippen LogP contribution in [0.1, 0.15) is 46.0 Å². The fourth-order valence-electron chi connectivity index (χ4n) is 3.39. The Bertz CT molecular complexity index is 1050. The Hall–Kier alpha value is -2.33. The fraction of sp³-hybridized carbons (Fsp3) is 0.333. The molecule has 0 aliphatic rings. The summed E-state index contributed by atoms with van der Waals surface area (Å²) in [6.07, 6.45) is 1.39.